The average molecular weight is 523 g/mol. The number of benzene rings is 1. The highest BCUT2D eigenvalue weighted by Gasteiger charge is 2.26. The predicted molar refractivity (Wildman–Crippen MR) is 140 cm³/mol. The highest BCUT2D eigenvalue weighted by molar-refractivity contribution is 7.98. The maximum absolute atomic E-state index is 13.1. The molecular weight excluding hydrogens is 496 g/mol. The van der Waals surface area contributed by atoms with Crippen LogP contribution in [0.15, 0.2) is 41.8 Å². The number of aromatic nitrogens is 6. The van der Waals surface area contributed by atoms with Gasteiger partial charge in [0.05, 0.1) is 16.8 Å². The number of thiazole rings is 1. The van der Waals surface area contributed by atoms with Gasteiger partial charge in [-0.15, -0.1) is 22.0 Å². The second-order valence-corrected chi connectivity index (χ2v) is 10.8. The summed E-state index contributed by atoms with van der Waals surface area (Å²) >= 11 is 3.21. The van der Waals surface area contributed by atoms with Gasteiger partial charge >= 0.3 is 0 Å². The molecule has 6 rings (SSSR count). The lowest BCUT2D eigenvalue weighted by molar-refractivity contribution is 0.0707. The summed E-state index contributed by atoms with van der Waals surface area (Å²) in [6.45, 7) is 1.85. The first-order valence-electron chi connectivity index (χ1n) is 11.9. The lowest BCUT2D eigenvalue weighted by Crippen LogP contribution is -2.38. The molecule has 0 bridgehead atoms. The molecule has 0 unspecified atom stereocenters. The molecule has 0 spiro atoms. The van der Waals surface area contributed by atoms with E-state index >= 15 is 0 Å². The Morgan fingerprint density at radius 2 is 2.03 bits per heavy atom. The Morgan fingerprint density at radius 1 is 1.17 bits per heavy atom. The molecule has 11 nitrogen and oxygen atoms in total. The van der Waals surface area contributed by atoms with Crippen molar-refractivity contribution in [2.75, 3.05) is 23.5 Å². The van der Waals surface area contributed by atoms with E-state index in [1.165, 1.54) is 0 Å². The molecule has 2 atom stereocenters. The Kier molecular flexibility index (Phi) is 6.42. The summed E-state index contributed by atoms with van der Waals surface area (Å²) in [4.78, 5) is 29.4. The topological polar surface area (TPSA) is 126 Å². The van der Waals surface area contributed by atoms with Crippen molar-refractivity contribution in [2.24, 2.45) is 0 Å². The number of hydrogen-bond donors (Lipinski definition) is 3. The summed E-state index contributed by atoms with van der Waals surface area (Å²) in [5, 5.41) is 12.5. The van der Waals surface area contributed by atoms with E-state index in [0.29, 0.717) is 36.7 Å². The molecule has 1 aliphatic heterocycles. The number of carbonyl (C=O) groups excluding carboxylic acids is 1. The molecule has 4 aromatic rings. The van der Waals surface area contributed by atoms with Crippen LogP contribution in [0.25, 0.3) is 10.2 Å². The van der Waals surface area contributed by atoms with E-state index in [0.717, 1.165) is 51.9 Å². The van der Waals surface area contributed by atoms with Crippen LogP contribution < -0.4 is 16.2 Å². The largest absolute Gasteiger partial charge is 0.359 e. The van der Waals surface area contributed by atoms with Crippen LogP contribution in [0.2, 0.25) is 0 Å². The predicted octanol–water partition coefficient (Wildman–Crippen LogP) is 3.01. The van der Waals surface area contributed by atoms with Gasteiger partial charge in [-0.1, -0.05) is 11.3 Å². The minimum Gasteiger partial charge on any atom is -0.359 e. The quantitative estimate of drug-likeness (QED) is 0.246. The number of rotatable bonds is 7. The summed E-state index contributed by atoms with van der Waals surface area (Å²) in [7, 11) is 0. The number of hydrogen-bond acceptors (Lipinski definition) is 11. The van der Waals surface area contributed by atoms with Crippen LogP contribution in [-0.4, -0.2) is 65.4 Å². The summed E-state index contributed by atoms with van der Waals surface area (Å²) < 4.78 is 2.99. The highest BCUT2D eigenvalue weighted by atomic mass is 32.2. The van der Waals surface area contributed by atoms with Gasteiger partial charge in [-0.3, -0.25) is 10.2 Å². The zero-order valence-corrected chi connectivity index (χ0v) is 21.3. The number of thioether (sulfide) groups is 1. The fourth-order valence-electron chi connectivity index (χ4n) is 4.61. The number of amides is 1. The Bertz CT molecular complexity index is 1370. The van der Waals surface area contributed by atoms with Crippen LogP contribution >= 0.6 is 23.1 Å². The van der Waals surface area contributed by atoms with Crippen molar-refractivity contribution in [3.05, 3.63) is 48.3 Å². The number of nitrogens with one attached hydrogen (secondary N) is 3. The molecule has 36 heavy (non-hydrogen) atoms. The van der Waals surface area contributed by atoms with Crippen molar-refractivity contribution >= 4 is 50.3 Å². The number of nitrogens with zero attached hydrogens (tertiary/aromatic N) is 7. The van der Waals surface area contributed by atoms with Crippen molar-refractivity contribution in [2.45, 2.75) is 49.3 Å². The maximum atomic E-state index is 13.1. The molecule has 1 saturated carbocycles. The summed E-state index contributed by atoms with van der Waals surface area (Å²) in [5.74, 6) is 1.41. The van der Waals surface area contributed by atoms with Crippen molar-refractivity contribution < 1.29 is 4.79 Å². The number of hydrazine groups is 1. The molecule has 3 N–H and O–H groups in total. The molecule has 1 aliphatic carbocycles. The molecule has 1 amide bonds. The standard InChI is InChI=1S/C23H26N10OS2/c1-35-17-10-24-22(25-11-17)31-29-16-4-3-15(9-16)27-23-28-18-5-2-14(8-19(18)36-23)21(34)32-6-7-33-13-26-30-20(33)12-32/h2,5,8,10-11,13,15-16,29H,3-4,6-7,9,12H2,1H3,(H,27,28)(H,24,25,31)/t15-,16-/m0/s1. The van der Waals surface area contributed by atoms with Crippen LogP contribution in [0.3, 0.4) is 0 Å². The molecule has 4 heterocycles. The van der Waals surface area contributed by atoms with Gasteiger partial charge in [0.25, 0.3) is 5.91 Å². The van der Waals surface area contributed by atoms with Gasteiger partial charge in [0, 0.05) is 48.0 Å². The van der Waals surface area contributed by atoms with Gasteiger partial charge in [0.2, 0.25) is 5.95 Å². The second-order valence-electron chi connectivity index (χ2n) is 8.94. The molecule has 0 saturated heterocycles. The van der Waals surface area contributed by atoms with E-state index < -0.39 is 0 Å². The Hall–Kier alpha value is -3.29. The third kappa shape index (κ3) is 4.86. The first-order chi connectivity index (χ1) is 17.6. The van der Waals surface area contributed by atoms with Gasteiger partial charge in [0.1, 0.15) is 6.33 Å². The highest BCUT2D eigenvalue weighted by Crippen LogP contribution is 2.30. The fraction of sp³-hybridized carbons (Fsp3) is 0.391. The lowest BCUT2D eigenvalue weighted by Gasteiger charge is -2.27. The van der Waals surface area contributed by atoms with Crippen molar-refractivity contribution in [1.29, 1.82) is 0 Å². The molecular formula is C23H26N10OS2. The first-order valence-corrected chi connectivity index (χ1v) is 13.9. The summed E-state index contributed by atoms with van der Waals surface area (Å²) in [6, 6.07) is 6.40. The summed E-state index contributed by atoms with van der Waals surface area (Å²) in [5.41, 5.74) is 8.04. The van der Waals surface area contributed by atoms with Gasteiger partial charge in [-0.2, -0.15) is 0 Å². The molecule has 1 aromatic carbocycles. The molecule has 1 fully saturated rings. The molecule has 2 aliphatic rings. The van der Waals surface area contributed by atoms with Gasteiger partial charge < -0.3 is 14.8 Å². The van der Waals surface area contributed by atoms with Crippen molar-refractivity contribution in [1.82, 2.24) is 40.0 Å². The summed E-state index contributed by atoms with van der Waals surface area (Å²) in [6.07, 6.45) is 10.4. The monoisotopic (exact) mass is 522 g/mol. The van der Waals surface area contributed by atoms with Gasteiger partial charge in [0.15, 0.2) is 11.0 Å². The van der Waals surface area contributed by atoms with Gasteiger partial charge in [-0.25, -0.2) is 20.4 Å². The second kappa shape index (κ2) is 9.99. The normalized spacial score (nSPS) is 19.4. The number of anilines is 2. The SMILES string of the molecule is CSc1cnc(NN[C@H]2CC[C@H](Nc3nc4ccc(C(=O)N5CCn6cnnc6C5)cc4s3)C2)nc1. The first kappa shape index (κ1) is 23.1. The van der Waals surface area contributed by atoms with E-state index in [1.807, 2.05) is 46.3 Å². The zero-order chi connectivity index (χ0) is 24.5. The van der Waals surface area contributed by atoms with E-state index in [-0.39, 0.29) is 5.91 Å². The third-order valence-corrected chi connectivity index (χ3v) is 8.21. The molecule has 3 aromatic heterocycles. The molecule has 186 valence electrons. The van der Waals surface area contributed by atoms with E-state index in [4.69, 9.17) is 4.98 Å². The molecule has 0 radical (unpaired) electrons. The Morgan fingerprint density at radius 3 is 2.89 bits per heavy atom. The third-order valence-electron chi connectivity index (χ3n) is 6.57. The number of carbonyl (C=O) groups is 1. The van der Waals surface area contributed by atoms with Crippen LogP contribution in [0, 0.1) is 0 Å². The smallest absolute Gasteiger partial charge is 0.254 e. The van der Waals surface area contributed by atoms with Crippen LogP contribution in [0.1, 0.15) is 35.4 Å². The average Bonchev–Trinajstić information content (AvgIpc) is 3.66. The van der Waals surface area contributed by atoms with E-state index in [9.17, 15) is 4.79 Å². The fourth-order valence-corrected chi connectivity index (χ4v) is 5.91. The Balaban J connectivity index is 1.05. The van der Waals surface area contributed by atoms with Crippen LogP contribution in [0.4, 0.5) is 11.1 Å². The zero-order valence-electron chi connectivity index (χ0n) is 19.7. The Labute approximate surface area is 216 Å². The van der Waals surface area contributed by atoms with Crippen LogP contribution in [-0.2, 0) is 13.1 Å². The minimum absolute atomic E-state index is 0.0123. The molecule has 13 heteroatoms. The van der Waals surface area contributed by atoms with Crippen molar-refractivity contribution in [3.8, 4) is 0 Å². The van der Waals surface area contributed by atoms with E-state index in [1.54, 1.807) is 29.4 Å². The van der Waals surface area contributed by atoms with Crippen LogP contribution in [0.5, 0.6) is 0 Å². The van der Waals surface area contributed by atoms with Gasteiger partial charge in [-0.05, 0) is 43.7 Å². The maximum Gasteiger partial charge on any atom is 0.254 e. The lowest BCUT2D eigenvalue weighted by atomic mass is 10.1. The minimum atomic E-state index is 0.0123. The number of fused-ring (bicyclic) bond motifs is 2. The van der Waals surface area contributed by atoms with Crippen molar-refractivity contribution in [3.63, 3.8) is 0 Å². The van der Waals surface area contributed by atoms with E-state index in [2.05, 4.69) is 36.3 Å².